The molecule has 0 aliphatic rings. The third kappa shape index (κ3) is 8.82. The number of hydrogen-bond donors (Lipinski definition) is 5. The summed E-state index contributed by atoms with van der Waals surface area (Å²) in [5.74, 6) is -0.913. The van der Waals surface area contributed by atoms with E-state index in [1.54, 1.807) is 0 Å². The van der Waals surface area contributed by atoms with Crippen molar-refractivity contribution in [3.05, 3.63) is 12.3 Å². The van der Waals surface area contributed by atoms with Crippen LogP contribution in [0.1, 0.15) is 20.3 Å². The predicted molar refractivity (Wildman–Crippen MR) is 74.6 cm³/mol. The lowest BCUT2D eigenvalue weighted by Gasteiger charge is -2.20. The molecule has 0 saturated heterocycles. The number of carbonyl (C=O) groups excluding carboxylic acids is 2. The van der Waals surface area contributed by atoms with E-state index < -0.39 is 31.6 Å². The average Bonchev–Trinajstić information content (AvgIpc) is 2.24. The van der Waals surface area contributed by atoms with Crippen molar-refractivity contribution in [1.29, 1.82) is 0 Å². The van der Waals surface area contributed by atoms with E-state index in [1.165, 1.54) is 0 Å². The van der Waals surface area contributed by atoms with Crippen molar-refractivity contribution in [2.24, 2.45) is 11.7 Å². The number of allylic oxidation sites excluding steroid dienone is 1. The van der Waals surface area contributed by atoms with E-state index >= 15 is 0 Å². The summed E-state index contributed by atoms with van der Waals surface area (Å²) in [6.07, 6.45) is -0.265. The van der Waals surface area contributed by atoms with Crippen LogP contribution >= 0.6 is 7.60 Å². The van der Waals surface area contributed by atoms with Crippen LogP contribution in [0.25, 0.3) is 0 Å². The molecule has 1 atom stereocenters. The van der Waals surface area contributed by atoms with Gasteiger partial charge in [0.2, 0.25) is 11.8 Å². The summed E-state index contributed by atoms with van der Waals surface area (Å²) in [5.41, 5.74) is 5.07. The first-order valence-electron chi connectivity index (χ1n) is 6.07. The summed E-state index contributed by atoms with van der Waals surface area (Å²) in [4.78, 5) is 40.8. The molecular weight excluding hydrogens is 285 g/mol. The summed E-state index contributed by atoms with van der Waals surface area (Å²) < 4.78 is 10.8. The van der Waals surface area contributed by atoms with E-state index in [4.69, 9.17) is 15.5 Å². The lowest BCUT2D eigenvalue weighted by molar-refractivity contribution is -0.128. The van der Waals surface area contributed by atoms with E-state index in [1.807, 2.05) is 13.8 Å². The van der Waals surface area contributed by atoms with Crippen LogP contribution in [0.3, 0.4) is 0 Å². The van der Waals surface area contributed by atoms with Crippen molar-refractivity contribution in [1.82, 2.24) is 10.6 Å². The summed E-state index contributed by atoms with van der Waals surface area (Å²) in [6, 6.07) is -0.820. The molecule has 0 heterocycles. The minimum absolute atomic E-state index is 0.0981. The molecule has 0 spiro atoms. The van der Waals surface area contributed by atoms with Crippen molar-refractivity contribution in [3.63, 3.8) is 0 Å². The molecule has 0 aromatic rings. The average molecular weight is 307 g/mol. The Kier molecular flexibility index (Phi) is 7.67. The number of carbonyl (C=O) groups is 2. The van der Waals surface area contributed by atoms with Crippen LogP contribution in [-0.2, 0) is 14.2 Å². The molecule has 0 aliphatic heterocycles. The topological polar surface area (TPSA) is 142 Å². The molecule has 0 fully saturated rings. The first-order valence-corrected chi connectivity index (χ1v) is 7.87. The number of rotatable bonds is 8. The molecule has 0 aromatic heterocycles. The molecule has 20 heavy (non-hydrogen) atoms. The van der Waals surface area contributed by atoms with Crippen molar-refractivity contribution in [2.75, 3.05) is 12.7 Å². The Bertz CT molecular complexity index is 418. The second-order valence-electron chi connectivity index (χ2n) is 4.87. The fraction of sp³-hybridized carbons (Fsp3) is 0.636. The van der Waals surface area contributed by atoms with E-state index in [2.05, 4.69) is 17.2 Å². The molecule has 2 amide bonds. The van der Waals surface area contributed by atoms with Crippen LogP contribution in [0, 0.1) is 5.92 Å². The Morgan fingerprint density at radius 3 is 2.30 bits per heavy atom. The van der Waals surface area contributed by atoms with Gasteiger partial charge in [-0.05, 0) is 12.3 Å². The van der Waals surface area contributed by atoms with Gasteiger partial charge in [-0.15, -0.1) is 0 Å². The highest BCUT2D eigenvalue weighted by Gasteiger charge is 2.23. The smallest absolute Gasteiger partial charge is 0.331 e. The van der Waals surface area contributed by atoms with E-state index in [0.717, 1.165) is 0 Å². The van der Waals surface area contributed by atoms with Gasteiger partial charge in [-0.2, -0.15) is 0 Å². The minimum atomic E-state index is -4.29. The zero-order valence-electron chi connectivity index (χ0n) is 11.6. The van der Waals surface area contributed by atoms with Gasteiger partial charge in [-0.1, -0.05) is 20.4 Å². The molecule has 0 radical (unpaired) electrons. The first-order chi connectivity index (χ1) is 9.05. The molecule has 0 unspecified atom stereocenters. The largest absolute Gasteiger partial charge is 0.343 e. The van der Waals surface area contributed by atoms with Gasteiger partial charge in [0, 0.05) is 5.70 Å². The minimum Gasteiger partial charge on any atom is -0.343 e. The van der Waals surface area contributed by atoms with Crippen LogP contribution in [0.15, 0.2) is 12.3 Å². The summed E-state index contributed by atoms with van der Waals surface area (Å²) in [6.45, 7) is 6.88. The van der Waals surface area contributed by atoms with Gasteiger partial charge in [-0.25, -0.2) is 0 Å². The normalized spacial score (nSPS) is 12.9. The molecule has 0 aliphatic carbocycles. The fourth-order valence-corrected chi connectivity index (χ4v) is 2.08. The molecular formula is C11H22N3O5P. The maximum atomic E-state index is 11.9. The van der Waals surface area contributed by atoms with Crippen LogP contribution in [0.2, 0.25) is 0 Å². The molecule has 9 heteroatoms. The molecule has 8 nitrogen and oxygen atoms in total. The summed E-state index contributed by atoms with van der Waals surface area (Å²) >= 11 is 0. The highest BCUT2D eigenvalue weighted by molar-refractivity contribution is 7.52. The van der Waals surface area contributed by atoms with Crippen molar-refractivity contribution >= 4 is 19.4 Å². The number of amides is 2. The predicted octanol–water partition coefficient (Wildman–Crippen LogP) is -0.716. The highest BCUT2D eigenvalue weighted by Crippen LogP contribution is 2.35. The van der Waals surface area contributed by atoms with Gasteiger partial charge >= 0.3 is 7.60 Å². The fourth-order valence-electron chi connectivity index (χ4n) is 1.51. The van der Waals surface area contributed by atoms with Crippen LogP contribution in [-0.4, -0.2) is 40.3 Å². The highest BCUT2D eigenvalue weighted by atomic mass is 31.2. The zero-order valence-corrected chi connectivity index (χ0v) is 12.5. The Morgan fingerprint density at radius 1 is 1.35 bits per heavy atom. The maximum absolute atomic E-state index is 11.9. The van der Waals surface area contributed by atoms with Gasteiger partial charge in [0.25, 0.3) is 0 Å². The second-order valence-corrected chi connectivity index (χ2v) is 6.51. The van der Waals surface area contributed by atoms with Gasteiger partial charge < -0.3 is 26.2 Å². The maximum Gasteiger partial charge on any atom is 0.331 e. The molecule has 0 aromatic carbocycles. The molecule has 6 N–H and O–H groups in total. The number of hydrogen-bond acceptors (Lipinski definition) is 4. The second kappa shape index (κ2) is 8.16. The Balaban J connectivity index is 4.66. The van der Waals surface area contributed by atoms with Crippen molar-refractivity contribution < 1.29 is 23.9 Å². The lowest BCUT2D eigenvalue weighted by atomic mass is 10.0. The van der Waals surface area contributed by atoms with Crippen molar-refractivity contribution in [3.8, 4) is 0 Å². The zero-order chi connectivity index (χ0) is 15.9. The number of nitrogens with two attached hydrogens (primary N) is 1. The quantitative estimate of drug-likeness (QED) is 0.375. The van der Waals surface area contributed by atoms with Crippen LogP contribution in [0.5, 0.6) is 0 Å². The van der Waals surface area contributed by atoms with E-state index in [-0.39, 0.29) is 18.2 Å². The molecule has 0 saturated carbocycles. The molecule has 116 valence electrons. The van der Waals surface area contributed by atoms with Gasteiger partial charge in [0.1, 0.15) is 6.04 Å². The summed E-state index contributed by atoms with van der Waals surface area (Å²) in [7, 11) is -4.29. The third-order valence-corrected chi connectivity index (χ3v) is 3.03. The van der Waals surface area contributed by atoms with E-state index in [9.17, 15) is 14.2 Å². The summed E-state index contributed by atoms with van der Waals surface area (Å²) in [5, 5.41) is 4.75. The Hall–Kier alpha value is -1.21. The van der Waals surface area contributed by atoms with Gasteiger partial charge in [-0.3, -0.25) is 14.2 Å². The molecule has 0 rings (SSSR count). The molecule has 0 bridgehead atoms. The van der Waals surface area contributed by atoms with Crippen LogP contribution in [0.4, 0.5) is 0 Å². The monoisotopic (exact) mass is 307 g/mol. The lowest BCUT2D eigenvalue weighted by Crippen LogP contribution is -2.48. The van der Waals surface area contributed by atoms with Gasteiger partial charge in [0.15, 0.2) is 0 Å². The van der Waals surface area contributed by atoms with Crippen molar-refractivity contribution in [2.45, 2.75) is 26.3 Å². The SMILES string of the molecule is C=C(CP(=O)(O)O)NC(=O)[C@H](CC(C)C)NC(=O)CN. The van der Waals surface area contributed by atoms with E-state index in [0.29, 0.717) is 6.42 Å². The standard InChI is InChI=1S/C11H22N3O5P/c1-7(2)4-9(14-10(15)5-12)11(16)13-8(3)6-20(17,18)19/h7,9H,3-6,12H2,1-2H3,(H,13,16)(H,14,15)(H2,17,18,19)/t9-/m0/s1. The van der Waals surface area contributed by atoms with Crippen LogP contribution < -0.4 is 16.4 Å². The third-order valence-electron chi connectivity index (χ3n) is 2.24. The Labute approximate surface area is 118 Å². The first kappa shape index (κ1) is 18.8. The number of nitrogens with one attached hydrogen (secondary N) is 2. The van der Waals surface area contributed by atoms with Gasteiger partial charge in [0.05, 0.1) is 12.7 Å². The Morgan fingerprint density at radius 2 is 1.90 bits per heavy atom.